The molecule has 2 rings (SSSR count). The van der Waals surface area contributed by atoms with E-state index in [9.17, 15) is 4.79 Å². The molecule has 98 valence electrons. The number of hydrogen-bond donors (Lipinski definition) is 0. The molecule has 0 N–H and O–H groups in total. The largest absolute Gasteiger partial charge is 0.444 e. The maximum Gasteiger partial charge on any atom is 0.410 e. The van der Waals surface area contributed by atoms with Gasteiger partial charge in [0.05, 0.1) is 12.2 Å². The third-order valence-corrected chi connectivity index (χ3v) is 3.61. The molecule has 2 aliphatic heterocycles. The van der Waals surface area contributed by atoms with Gasteiger partial charge in [-0.15, -0.1) is 0 Å². The summed E-state index contributed by atoms with van der Waals surface area (Å²) in [6.07, 6.45) is 1.86. The van der Waals surface area contributed by atoms with E-state index in [1.54, 1.807) is 0 Å². The van der Waals surface area contributed by atoms with Crippen molar-refractivity contribution in [3.05, 3.63) is 0 Å². The van der Waals surface area contributed by atoms with Gasteiger partial charge in [0.1, 0.15) is 5.60 Å². The average molecular weight is 241 g/mol. The fourth-order valence-corrected chi connectivity index (χ4v) is 2.35. The van der Waals surface area contributed by atoms with Gasteiger partial charge >= 0.3 is 6.09 Å². The zero-order valence-electron chi connectivity index (χ0n) is 11.3. The normalized spacial score (nSPS) is 30.2. The number of likely N-dealkylation sites (tertiary alicyclic amines) is 1. The second-order valence-corrected chi connectivity index (χ2v) is 6.34. The summed E-state index contributed by atoms with van der Waals surface area (Å²) in [5.74, 6) is 0.598. The Labute approximate surface area is 103 Å². The van der Waals surface area contributed by atoms with Crippen LogP contribution in [0.4, 0.5) is 4.79 Å². The van der Waals surface area contributed by atoms with Crippen LogP contribution in [-0.2, 0) is 9.47 Å². The Kier molecular flexibility index (Phi) is 3.10. The Morgan fingerprint density at radius 2 is 1.88 bits per heavy atom. The Bertz CT molecular complexity index is 296. The van der Waals surface area contributed by atoms with Crippen LogP contribution in [0, 0.1) is 5.92 Å². The van der Waals surface area contributed by atoms with Crippen molar-refractivity contribution >= 4 is 6.09 Å². The van der Waals surface area contributed by atoms with E-state index in [1.807, 2.05) is 25.7 Å². The fourth-order valence-electron chi connectivity index (χ4n) is 2.35. The zero-order valence-corrected chi connectivity index (χ0v) is 11.3. The second kappa shape index (κ2) is 4.16. The maximum absolute atomic E-state index is 11.9. The topological polar surface area (TPSA) is 42.1 Å². The van der Waals surface area contributed by atoms with Gasteiger partial charge in [-0.2, -0.15) is 0 Å². The first-order valence-electron chi connectivity index (χ1n) is 6.42. The van der Waals surface area contributed by atoms with Gasteiger partial charge < -0.3 is 14.4 Å². The lowest BCUT2D eigenvalue weighted by Gasteiger charge is -2.34. The standard InChI is InChI=1S/C13H23NO3/c1-12(2,3)17-11(15)14-7-5-10(6-8-14)13(4)9-16-13/h10H,5-9H2,1-4H3/t13-/m1/s1. The smallest absolute Gasteiger partial charge is 0.410 e. The molecule has 2 aliphatic rings. The lowest BCUT2D eigenvalue weighted by atomic mass is 9.86. The third kappa shape index (κ3) is 3.12. The molecule has 0 aromatic heterocycles. The Hall–Kier alpha value is -0.770. The molecule has 0 spiro atoms. The Balaban J connectivity index is 1.80. The van der Waals surface area contributed by atoms with Gasteiger partial charge in [0.15, 0.2) is 0 Å². The van der Waals surface area contributed by atoms with Gasteiger partial charge in [-0.05, 0) is 46.5 Å². The van der Waals surface area contributed by atoms with Crippen molar-refractivity contribution in [2.75, 3.05) is 19.7 Å². The molecule has 0 aliphatic carbocycles. The number of epoxide rings is 1. The molecular formula is C13H23NO3. The van der Waals surface area contributed by atoms with Gasteiger partial charge in [0, 0.05) is 13.1 Å². The quantitative estimate of drug-likeness (QED) is 0.662. The van der Waals surface area contributed by atoms with E-state index in [1.165, 1.54) is 0 Å². The highest BCUT2D eigenvalue weighted by Gasteiger charge is 2.47. The number of amides is 1. The number of ether oxygens (including phenoxy) is 2. The molecule has 0 aromatic carbocycles. The van der Waals surface area contributed by atoms with Crippen molar-refractivity contribution in [2.24, 2.45) is 5.92 Å². The maximum atomic E-state index is 11.9. The molecule has 17 heavy (non-hydrogen) atoms. The first kappa shape index (κ1) is 12.7. The number of hydrogen-bond acceptors (Lipinski definition) is 3. The summed E-state index contributed by atoms with van der Waals surface area (Å²) in [7, 11) is 0. The van der Waals surface area contributed by atoms with Crippen molar-refractivity contribution in [1.82, 2.24) is 4.90 Å². The number of piperidine rings is 1. The summed E-state index contributed by atoms with van der Waals surface area (Å²) in [6, 6.07) is 0. The molecule has 0 unspecified atom stereocenters. The van der Waals surface area contributed by atoms with Crippen molar-refractivity contribution in [3.63, 3.8) is 0 Å². The van der Waals surface area contributed by atoms with Crippen molar-refractivity contribution in [3.8, 4) is 0 Å². The minimum atomic E-state index is -0.403. The van der Waals surface area contributed by atoms with Gasteiger partial charge in [-0.1, -0.05) is 0 Å². The van der Waals surface area contributed by atoms with E-state index in [0.717, 1.165) is 32.5 Å². The third-order valence-electron chi connectivity index (χ3n) is 3.61. The molecule has 4 nitrogen and oxygen atoms in total. The summed E-state index contributed by atoms with van der Waals surface area (Å²) in [5.41, 5.74) is -0.306. The molecule has 0 aromatic rings. The number of carbonyl (C=O) groups is 1. The first-order chi connectivity index (χ1) is 7.80. The van der Waals surface area contributed by atoms with Crippen LogP contribution in [0.25, 0.3) is 0 Å². The van der Waals surface area contributed by atoms with Crippen LogP contribution in [0.2, 0.25) is 0 Å². The minimum absolute atomic E-state index is 0.0972. The molecule has 0 radical (unpaired) electrons. The first-order valence-corrected chi connectivity index (χ1v) is 6.42. The summed E-state index contributed by atoms with van der Waals surface area (Å²) >= 11 is 0. The molecule has 0 saturated carbocycles. The summed E-state index contributed by atoms with van der Waals surface area (Å²) in [6.45, 7) is 10.3. The number of nitrogens with zero attached hydrogens (tertiary/aromatic N) is 1. The van der Waals surface area contributed by atoms with Crippen LogP contribution in [0.1, 0.15) is 40.5 Å². The fraction of sp³-hybridized carbons (Fsp3) is 0.923. The highest BCUT2D eigenvalue weighted by atomic mass is 16.6. The molecular weight excluding hydrogens is 218 g/mol. The lowest BCUT2D eigenvalue weighted by Crippen LogP contribution is -2.43. The molecule has 1 amide bonds. The van der Waals surface area contributed by atoms with Crippen LogP contribution < -0.4 is 0 Å². The van der Waals surface area contributed by atoms with Gasteiger partial charge in [-0.25, -0.2) is 4.79 Å². The number of carbonyl (C=O) groups excluding carboxylic acids is 1. The predicted octanol–water partition coefficient (Wildman–Crippen LogP) is 2.42. The van der Waals surface area contributed by atoms with Gasteiger partial charge in [0.25, 0.3) is 0 Å². The Morgan fingerprint density at radius 1 is 1.35 bits per heavy atom. The molecule has 0 bridgehead atoms. The zero-order chi connectivity index (χ0) is 12.7. The second-order valence-electron chi connectivity index (χ2n) is 6.34. The van der Waals surface area contributed by atoms with Crippen LogP contribution in [0.15, 0.2) is 0 Å². The van der Waals surface area contributed by atoms with Gasteiger partial charge in [-0.3, -0.25) is 0 Å². The van der Waals surface area contributed by atoms with Crippen LogP contribution >= 0.6 is 0 Å². The lowest BCUT2D eigenvalue weighted by molar-refractivity contribution is 0.0149. The molecule has 1 atom stereocenters. The SMILES string of the molecule is CC(C)(C)OC(=O)N1CCC([C@@]2(C)CO2)CC1. The van der Waals surface area contributed by atoms with E-state index in [-0.39, 0.29) is 11.7 Å². The van der Waals surface area contributed by atoms with E-state index < -0.39 is 5.60 Å². The minimum Gasteiger partial charge on any atom is -0.444 e. The van der Waals surface area contributed by atoms with E-state index in [4.69, 9.17) is 9.47 Å². The summed E-state index contributed by atoms with van der Waals surface area (Å²) in [4.78, 5) is 13.7. The van der Waals surface area contributed by atoms with E-state index in [0.29, 0.717) is 5.92 Å². The molecule has 2 heterocycles. The molecule has 4 heteroatoms. The van der Waals surface area contributed by atoms with Crippen molar-refractivity contribution < 1.29 is 14.3 Å². The van der Waals surface area contributed by atoms with Crippen molar-refractivity contribution in [2.45, 2.75) is 51.7 Å². The van der Waals surface area contributed by atoms with E-state index in [2.05, 4.69) is 6.92 Å². The van der Waals surface area contributed by atoms with E-state index >= 15 is 0 Å². The Morgan fingerprint density at radius 3 is 2.29 bits per heavy atom. The van der Waals surface area contributed by atoms with Crippen LogP contribution in [0.5, 0.6) is 0 Å². The highest BCUT2D eigenvalue weighted by Crippen LogP contribution is 2.40. The number of rotatable bonds is 1. The monoisotopic (exact) mass is 241 g/mol. The summed E-state index contributed by atoms with van der Waals surface area (Å²) < 4.78 is 10.8. The molecule has 2 saturated heterocycles. The van der Waals surface area contributed by atoms with Crippen molar-refractivity contribution in [1.29, 1.82) is 0 Å². The highest BCUT2D eigenvalue weighted by molar-refractivity contribution is 5.68. The van der Waals surface area contributed by atoms with Crippen LogP contribution in [0.3, 0.4) is 0 Å². The summed E-state index contributed by atoms with van der Waals surface area (Å²) in [5, 5.41) is 0. The average Bonchev–Trinajstić information content (AvgIpc) is 2.96. The van der Waals surface area contributed by atoms with Gasteiger partial charge in [0.2, 0.25) is 0 Å². The van der Waals surface area contributed by atoms with Crippen LogP contribution in [-0.4, -0.2) is 41.9 Å². The predicted molar refractivity (Wildman–Crippen MR) is 64.9 cm³/mol. The molecule has 2 fully saturated rings.